The second-order valence-corrected chi connectivity index (χ2v) is 6.48. The minimum Gasteiger partial charge on any atom is -0.371 e. The molecule has 104 valence electrons. The summed E-state index contributed by atoms with van der Waals surface area (Å²) in [5.74, 6) is 0. The highest BCUT2D eigenvalue weighted by Gasteiger charge is 2.23. The highest BCUT2D eigenvalue weighted by molar-refractivity contribution is 7.90. The molecule has 19 heavy (non-hydrogen) atoms. The van der Waals surface area contributed by atoms with Crippen LogP contribution in [-0.2, 0) is 9.84 Å². The first-order valence-corrected chi connectivity index (χ1v) is 7.36. The molecule has 1 aromatic carbocycles. The van der Waals surface area contributed by atoms with E-state index in [-0.39, 0.29) is 4.90 Å². The van der Waals surface area contributed by atoms with Crippen molar-refractivity contribution in [3.8, 4) is 0 Å². The summed E-state index contributed by atoms with van der Waals surface area (Å²) in [6.07, 6.45) is 0.956. The molecule has 0 aliphatic heterocycles. The van der Waals surface area contributed by atoms with Crippen LogP contribution in [0, 0.1) is 10.1 Å². The number of rotatable bonds is 5. The van der Waals surface area contributed by atoms with Crippen molar-refractivity contribution in [2.24, 2.45) is 0 Å². The summed E-state index contributed by atoms with van der Waals surface area (Å²) in [5, 5.41) is 10.8. The van der Waals surface area contributed by atoms with Gasteiger partial charge in [-0.1, -0.05) is 12.2 Å². The maximum absolute atomic E-state index is 11.6. The summed E-state index contributed by atoms with van der Waals surface area (Å²) < 4.78 is 23.2. The second kappa shape index (κ2) is 5.40. The second-order valence-electron chi connectivity index (χ2n) is 4.49. The van der Waals surface area contributed by atoms with E-state index in [4.69, 9.17) is 0 Å². The number of sulfone groups is 1. The molecule has 0 aromatic heterocycles. The Hall–Kier alpha value is -1.89. The molecule has 0 heterocycles. The topological polar surface area (TPSA) is 80.5 Å². The van der Waals surface area contributed by atoms with E-state index in [1.54, 1.807) is 11.9 Å². The van der Waals surface area contributed by atoms with Gasteiger partial charge >= 0.3 is 0 Å². The molecule has 0 radical (unpaired) electrons. The predicted molar refractivity (Wildman–Crippen MR) is 74.3 cm³/mol. The molecule has 7 heteroatoms. The Bertz CT molecular complexity index is 623. The van der Waals surface area contributed by atoms with E-state index in [1.165, 1.54) is 18.2 Å². The van der Waals surface area contributed by atoms with Crippen LogP contribution in [-0.4, -0.2) is 33.2 Å². The van der Waals surface area contributed by atoms with Gasteiger partial charge in [0.05, 0.1) is 4.92 Å². The van der Waals surface area contributed by atoms with Crippen LogP contribution in [0.2, 0.25) is 0 Å². The minimum absolute atomic E-state index is 0.274. The van der Waals surface area contributed by atoms with Crippen LogP contribution in [0.25, 0.3) is 0 Å². The fraction of sp³-hybridized carbons (Fsp3) is 0.333. The number of nitro benzene ring substituents is 1. The van der Waals surface area contributed by atoms with Gasteiger partial charge in [-0.25, -0.2) is 8.42 Å². The fourth-order valence-corrected chi connectivity index (χ4v) is 2.54. The van der Waals surface area contributed by atoms with Crippen molar-refractivity contribution in [3.63, 3.8) is 0 Å². The van der Waals surface area contributed by atoms with Crippen LogP contribution in [0.4, 0.5) is 11.4 Å². The third-order valence-corrected chi connectivity index (χ3v) is 3.61. The molecule has 0 aliphatic rings. The molecule has 0 atom stereocenters. The summed E-state index contributed by atoms with van der Waals surface area (Å²) in [4.78, 5) is 11.6. The maximum atomic E-state index is 11.6. The van der Waals surface area contributed by atoms with Gasteiger partial charge < -0.3 is 4.90 Å². The molecule has 0 spiro atoms. The third-order valence-electron chi connectivity index (χ3n) is 2.49. The van der Waals surface area contributed by atoms with Crippen LogP contribution in [0.1, 0.15) is 6.92 Å². The molecule has 0 saturated carbocycles. The summed E-state index contributed by atoms with van der Waals surface area (Å²) in [6.45, 7) is 6.16. The molecular formula is C12H16N2O4S. The van der Waals surface area contributed by atoms with Crippen LogP contribution in [0.15, 0.2) is 35.2 Å². The first-order valence-electron chi connectivity index (χ1n) is 5.47. The van der Waals surface area contributed by atoms with Gasteiger partial charge in [-0.3, -0.25) is 10.1 Å². The Balaban J connectivity index is 3.34. The number of hydrogen-bond acceptors (Lipinski definition) is 5. The van der Waals surface area contributed by atoms with Gasteiger partial charge in [0.2, 0.25) is 0 Å². The highest BCUT2D eigenvalue weighted by Crippen LogP contribution is 2.28. The standard InChI is InChI=1S/C12H16N2O4S/c1-9(2)8-13(3)10-5-6-11(14(15)16)12(7-10)19(4,17)18/h5-7H,1,8H2,2-4H3. The van der Waals surface area contributed by atoms with Crippen LogP contribution in [0.5, 0.6) is 0 Å². The van der Waals surface area contributed by atoms with Gasteiger partial charge in [0.25, 0.3) is 5.69 Å². The largest absolute Gasteiger partial charge is 0.371 e. The Labute approximate surface area is 112 Å². The lowest BCUT2D eigenvalue weighted by molar-refractivity contribution is -0.387. The van der Waals surface area contributed by atoms with E-state index in [1.807, 2.05) is 6.92 Å². The predicted octanol–water partition coefficient (Wildman–Crippen LogP) is 2.01. The van der Waals surface area contributed by atoms with E-state index in [0.717, 1.165) is 11.8 Å². The van der Waals surface area contributed by atoms with Gasteiger partial charge in [0, 0.05) is 31.6 Å². The molecule has 6 nitrogen and oxygen atoms in total. The highest BCUT2D eigenvalue weighted by atomic mass is 32.2. The molecule has 0 saturated heterocycles. The first kappa shape index (κ1) is 15.2. The van der Waals surface area contributed by atoms with Crippen molar-refractivity contribution < 1.29 is 13.3 Å². The van der Waals surface area contributed by atoms with E-state index < -0.39 is 20.4 Å². The summed E-state index contributed by atoms with van der Waals surface area (Å²) in [6, 6.07) is 4.05. The molecular weight excluding hydrogens is 268 g/mol. The molecule has 0 amide bonds. The number of hydrogen-bond donors (Lipinski definition) is 0. The van der Waals surface area contributed by atoms with Crippen LogP contribution < -0.4 is 4.90 Å². The monoisotopic (exact) mass is 284 g/mol. The van der Waals surface area contributed by atoms with Crippen molar-refractivity contribution in [1.82, 2.24) is 0 Å². The van der Waals surface area contributed by atoms with Gasteiger partial charge in [-0.15, -0.1) is 0 Å². The zero-order valence-corrected chi connectivity index (χ0v) is 11.9. The maximum Gasteiger partial charge on any atom is 0.288 e. The molecule has 0 N–H and O–H groups in total. The van der Waals surface area contributed by atoms with Crippen molar-refractivity contribution in [2.45, 2.75) is 11.8 Å². The molecule has 0 bridgehead atoms. The lowest BCUT2D eigenvalue weighted by atomic mass is 10.2. The smallest absolute Gasteiger partial charge is 0.288 e. The number of nitrogens with zero attached hydrogens (tertiary/aromatic N) is 2. The van der Waals surface area contributed by atoms with Crippen LogP contribution >= 0.6 is 0 Å². The van der Waals surface area contributed by atoms with Gasteiger partial charge in [-0.05, 0) is 19.1 Å². The fourth-order valence-electron chi connectivity index (χ4n) is 1.68. The zero-order chi connectivity index (χ0) is 14.8. The molecule has 0 fully saturated rings. The van der Waals surface area contributed by atoms with Crippen LogP contribution in [0.3, 0.4) is 0 Å². The van der Waals surface area contributed by atoms with Crippen molar-refractivity contribution in [3.05, 3.63) is 40.5 Å². The van der Waals surface area contributed by atoms with Crippen molar-refractivity contribution in [1.29, 1.82) is 0 Å². The first-order chi connectivity index (χ1) is 8.62. The third kappa shape index (κ3) is 3.78. The van der Waals surface area contributed by atoms with Crippen molar-refractivity contribution in [2.75, 3.05) is 24.7 Å². The zero-order valence-electron chi connectivity index (χ0n) is 11.1. The lowest BCUT2D eigenvalue weighted by Crippen LogP contribution is -2.19. The molecule has 1 aromatic rings. The summed E-state index contributed by atoms with van der Waals surface area (Å²) in [7, 11) is -1.89. The Morgan fingerprint density at radius 1 is 1.47 bits per heavy atom. The lowest BCUT2D eigenvalue weighted by Gasteiger charge is -2.19. The summed E-state index contributed by atoms with van der Waals surface area (Å²) in [5.41, 5.74) is 1.09. The van der Waals surface area contributed by atoms with Gasteiger partial charge in [-0.2, -0.15) is 0 Å². The van der Waals surface area contributed by atoms with E-state index in [0.29, 0.717) is 12.2 Å². The summed E-state index contributed by atoms with van der Waals surface area (Å²) >= 11 is 0. The number of nitro groups is 1. The van der Waals surface area contributed by atoms with Gasteiger partial charge in [0.1, 0.15) is 4.90 Å². The van der Waals surface area contributed by atoms with Crippen molar-refractivity contribution >= 4 is 21.2 Å². The number of anilines is 1. The number of likely N-dealkylation sites (N-methyl/N-ethyl adjacent to an activating group) is 1. The van der Waals surface area contributed by atoms with E-state index in [9.17, 15) is 18.5 Å². The number of benzene rings is 1. The van der Waals surface area contributed by atoms with Gasteiger partial charge in [0.15, 0.2) is 9.84 Å². The molecule has 0 aliphatic carbocycles. The average Bonchev–Trinajstić information content (AvgIpc) is 2.25. The normalized spacial score (nSPS) is 11.1. The SMILES string of the molecule is C=C(C)CN(C)c1ccc([N+](=O)[O-])c(S(C)(=O)=O)c1. The quantitative estimate of drug-likeness (QED) is 0.469. The molecule has 1 rings (SSSR count). The van der Waals surface area contributed by atoms with E-state index in [2.05, 4.69) is 6.58 Å². The molecule has 0 unspecified atom stereocenters. The average molecular weight is 284 g/mol. The Morgan fingerprint density at radius 3 is 2.47 bits per heavy atom. The van der Waals surface area contributed by atoms with E-state index >= 15 is 0 Å². The Morgan fingerprint density at radius 2 is 2.05 bits per heavy atom. The Kier molecular flexibility index (Phi) is 4.31. The minimum atomic E-state index is -3.65.